The summed E-state index contributed by atoms with van der Waals surface area (Å²) in [5.74, 6) is 2.07. The molecule has 102 valence electrons. The first-order valence-corrected chi connectivity index (χ1v) is 7.26. The summed E-state index contributed by atoms with van der Waals surface area (Å²) in [7, 11) is 0. The zero-order chi connectivity index (χ0) is 13.2. The fourth-order valence-corrected chi connectivity index (χ4v) is 3.34. The summed E-state index contributed by atoms with van der Waals surface area (Å²) in [6, 6.07) is 5.62. The maximum absolute atomic E-state index is 11.7. The molecule has 1 aromatic rings. The predicted molar refractivity (Wildman–Crippen MR) is 71.3 cm³/mol. The van der Waals surface area contributed by atoms with Gasteiger partial charge in [-0.2, -0.15) is 0 Å². The van der Waals surface area contributed by atoms with Crippen LogP contribution in [0.4, 0.5) is 0 Å². The number of rotatable bonds is 3. The molecule has 1 saturated heterocycles. The number of ether oxygens (including phenoxy) is 3. The zero-order valence-corrected chi connectivity index (χ0v) is 11.4. The molecule has 2 atom stereocenters. The highest BCUT2D eigenvalue weighted by atomic mass is 32.2. The van der Waals surface area contributed by atoms with Crippen LogP contribution in [0, 0.1) is 0 Å². The summed E-state index contributed by atoms with van der Waals surface area (Å²) < 4.78 is 15.7. The maximum Gasteiger partial charge on any atom is 0.324 e. The monoisotopic (exact) mass is 281 g/mol. The molecule has 0 amide bonds. The van der Waals surface area contributed by atoms with Crippen molar-refractivity contribution in [2.45, 2.75) is 18.3 Å². The van der Waals surface area contributed by atoms with Crippen molar-refractivity contribution < 1.29 is 19.0 Å². The first kappa shape index (κ1) is 12.6. The fourth-order valence-electron chi connectivity index (χ4n) is 2.12. The van der Waals surface area contributed by atoms with E-state index < -0.39 is 0 Å². The molecular formula is C13H15NO4S. The van der Waals surface area contributed by atoms with Crippen molar-refractivity contribution in [3.63, 3.8) is 0 Å². The second-order valence-electron chi connectivity index (χ2n) is 4.30. The minimum Gasteiger partial charge on any atom is -0.465 e. The van der Waals surface area contributed by atoms with Crippen LogP contribution in [0.25, 0.3) is 0 Å². The number of hydrogen-bond acceptors (Lipinski definition) is 6. The van der Waals surface area contributed by atoms with Gasteiger partial charge in [0.1, 0.15) is 6.04 Å². The quantitative estimate of drug-likeness (QED) is 0.851. The fraction of sp³-hybridized carbons (Fsp3) is 0.462. The summed E-state index contributed by atoms with van der Waals surface area (Å²) in [4.78, 5) is 11.7. The molecule has 1 aromatic carbocycles. The lowest BCUT2D eigenvalue weighted by molar-refractivity contribution is -0.144. The van der Waals surface area contributed by atoms with Gasteiger partial charge in [0, 0.05) is 5.75 Å². The number of nitrogens with one attached hydrogen (secondary N) is 1. The standard InChI is InChI=1S/C13H15NO4S/c1-2-16-13(15)9-6-19-12(14-9)8-3-4-10-11(5-8)18-7-17-10/h3-5,9,12,14H,2,6-7H2,1H3. The summed E-state index contributed by atoms with van der Waals surface area (Å²) in [6.07, 6.45) is 0. The van der Waals surface area contributed by atoms with Gasteiger partial charge in [-0.15, -0.1) is 11.8 Å². The van der Waals surface area contributed by atoms with E-state index in [-0.39, 0.29) is 24.2 Å². The minimum absolute atomic E-state index is 0.0870. The lowest BCUT2D eigenvalue weighted by Gasteiger charge is -2.13. The molecule has 3 rings (SSSR count). The van der Waals surface area contributed by atoms with Gasteiger partial charge < -0.3 is 14.2 Å². The topological polar surface area (TPSA) is 56.8 Å². The lowest BCUT2D eigenvalue weighted by atomic mass is 10.2. The molecule has 6 heteroatoms. The van der Waals surface area contributed by atoms with E-state index in [4.69, 9.17) is 14.2 Å². The predicted octanol–water partition coefficient (Wildman–Crippen LogP) is 1.68. The normalized spacial score (nSPS) is 24.5. The number of esters is 1. The van der Waals surface area contributed by atoms with E-state index in [0.29, 0.717) is 6.61 Å². The van der Waals surface area contributed by atoms with Crippen LogP contribution in [0.5, 0.6) is 11.5 Å². The molecule has 0 radical (unpaired) electrons. The van der Waals surface area contributed by atoms with E-state index in [2.05, 4.69) is 5.32 Å². The van der Waals surface area contributed by atoms with Gasteiger partial charge >= 0.3 is 5.97 Å². The molecule has 5 nitrogen and oxygen atoms in total. The van der Waals surface area contributed by atoms with E-state index in [9.17, 15) is 4.79 Å². The maximum atomic E-state index is 11.7. The molecule has 19 heavy (non-hydrogen) atoms. The summed E-state index contributed by atoms with van der Waals surface area (Å²) in [5.41, 5.74) is 1.08. The molecule has 0 aromatic heterocycles. The molecule has 0 spiro atoms. The zero-order valence-electron chi connectivity index (χ0n) is 10.5. The van der Waals surface area contributed by atoms with Gasteiger partial charge in [0.15, 0.2) is 11.5 Å². The third-order valence-electron chi connectivity index (χ3n) is 3.05. The summed E-state index contributed by atoms with van der Waals surface area (Å²) >= 11 is 1.69. The summed E-state index contributed by atoms with van der Waals surface area (Å²) in [6.45, 7) is 2.50. The Labute approximate surface area is 115 Å². The Morgan fingerprint density at radius 3 is 3.16 bits per heavy atom. The Kier molecular flexibility index (Phi) is 3.52. The van der Waals surface area contributed by atoms with Crippen molar-refractivity contribution in [2.75, 3.05) is 19.2 Å². The van der Waals surface area contributed by atoms with Gasteiger partial charge in [0.05, 0.1) is 12.0 Å². The number of benzene rings is 1. The van der Waals surface area contributed by atoms with E-state index in [1.54, 1.807) is 11.8 Å². The van der Waals surface area contributed by atoms with Crippen LogP contribution >= 0.6 is 11.8 Å². The second kappa shape index (κ2) is 5.30. The van der Waals surface area contributed by atoms with Crippen LogP contribution in [-0.2, 0) is 9.53 Å². The molecule has 0 aliphatic carbocycles. The first-order valence-electron chi connectivity index (χ1n) is 6.21. The highest BCUT2D eigenvalue weighted by Gasteiger charge is 2.32. The average molecular weight is 281 g/mol. The van der Waals surface area contributed by atoms with Crippen LogP contribution in [0.2, 0.25) is 0 Å². The van der Waals surface area contributed by atoms with Crippen LogP contribution in [0.3, 0.4) is 0 Å². The SMILES string of the molecule is CCOC(=O)C1CSC(c2ccc3c(c2)OCO3)N1. The van der Waals surface area contributed by atoms with Crippen LogP contribution in [0.1, 0.15) is 17.9 Å². The average Bonchev–Trinajstić information content (AvgIpc) is 3.07. The van der Waals surface area contributed by atoms with E-state index in [1.165, 1.54) is 0 Å². The van der Waals surface area contributed by atoms with Crippen molar-refractivity contribution in [3.8, 4) is 11.5 Å². The van der Waals surface area contributed by atoms with Crippen molar-refractivity contribution in [3.05, 3.63) is 23.8 Å². The Hall–Kier alpha value is -1.40. The number of thioether (sulfide) groups is 1. The number of carbonyl (C=O) groups is 1. The molecule has 0 bridgehead atoms. The summed E-state index contributed by atoms with van der Waals surface area (Å²) in [5, 5.41) is 3.36. The number of carbonyl (C=O) groups excluding carboxylic acids is 1. The van der Waals surface area contributed by atoms with Gasteiger partial charge in [-0.1, -0.05) is 6.07 Å². The highest BCUT2D eigenvalue weighted by molar-refractivity contribution is 7.99. The van der Waals surface area contributed by atoms with Gasteiger partial charge in [0.25, 0.3) is 0 Å². The van der Waals surface area contributed by atoms with Gasteiger partial charge in [-0.05, 0) is 24.6 Å². The van der Waals surface area contributed by atoms with E-state index in [1.807, 2.05) is 25.1 Å². The van der Waals surface area contributed by atoms with Crippen LogP contribution in [0.15, 0.2) is 18.2 Å². The third kappa shape index (κ3) is 2.50. The van der Waals surface area contributed by atoms with Gasteiger partial charge in [-0.25, -0.2) is 0 Å². The lowest BCUT2D eigenvalue weighted by Crippen LogP contribution is -2.35. The minimum atomic E-state index is -0.236. The van der Waals surface area contributed by atoms with Crippen molar-refractivity contribution >= 4 is 17.7 Å². The van der Waals surface area contributed by atoms with Crippen LogP contribution in [-0.4, -0.2) is 31.2 Å². The first-order chi connectivity index (χ1) is 9.28. The molecule has 2 unspecified atom stereocenters. The second-order valence-corrected chi connectivity index (χ2v) is 5.44. The van der Waals surface area contributed by atoms with Crippen molar-refractivity contribution in [1.82, 2.24) is 5.32 Å². The molecule has 0 saturated carbocycles. The van der Waals surface area contributed by atoms with Crippen molar-refractivity contribution in [2.24, 2.45) is 0 Å². The largest absolute Gasteiger partial charge is 0.465 e. The van der Waals surface area contributed by atoms with E-state index in [0.717, 1.165) is 22.8 Å². The Balaban J connectivity index is 1.69. The Morgan fingerprint density at radius 1 is 1.47 bits per heavy atom. The molecule has 2 aliphatic rings. The number of hydrogen-bond donors (Lipinski definition) is 1. The third-order valence-corrected chi connectivity index (χ3v) is 4.32. The molecule has 1 N–H and O–H groups in total. The van der Waals surface area contributed by atoms with E-state index >= 15 is 0 Å². The number of fused-ring (bicyclic) bond motifs is 1. The molecule has 2 aliphatic heterocycles. The van der Waals surface area contributed by atoms with Gasteiger partial charge in [0.2, 0.25) is 6.79 Å². The molecular weight excluding hydrogens is 266 g/mol. The highest BCUT2D eigenvalue weighted by Crippen LogP contribution is 2.39. The molecule has 2 heterocycles. The van der Waals surface area contributed by atoms with Crippen molar-refractivity contribution in [1.29, 1.82) is 0 Å². The Morgan fingerprint density at radius 2 is 2.32 bits per heavy atom. The molecule has 1 fully saturated rings. The van der Waals surface area contributed by atoms with Gasteiger partial charge in [-0.3, -0.25) is 10.1 Å². The smallest absolute Gasteiger partial charge is 0.324 e. The Bertz CT molecular complexity index is 494. The van der Waals surface area contributed by atoms with Crippen LogP contribution < -0.4 is 14.8 Å².